The van der Waals surface area contributed by atoms with Crippen LogP contribution in [0.3, 0.4) is 0 Å². The number of fused-ring (bicyclic) bond motifs is 1. The van der Waals surface area contributed by atoms with Crippen LogP contribution >= 0.6 is 0 Å². The van der Waals surface area contributed by atoms with Gasteiger partial charge in [-0.05, 0) is 24.7 Å². The van der Waals surface area contributed by atoms with Crippen molar-refractivity contribution in [2.75, 3.05) is 20.3 Å². The molecule has 2 rings (SSSR count). The largest absolute Gasteiger partial charge is 0.486 e. The van der Waals surface area contributed by atoms with Crippen molar-refractivity contribution in [1.29, 1.82) is 0 Å². The molecule has 0 spiro atoms. The molecule has 1 atom stereocenters. The van der Waals surface area contributed by atoms with Crippen LogP contribution in [0.25, 0.3) is 0 Å². The van der Waals surface area contributed by atoms with Gasteiger partial charge in [0.15, 0.2) is 11.5 Å². The van der Waals surface area contributed by atoms with E-state index in [4.69, 9.17) is 9.47 Å². The Morgan fingerprint density at radius 3 is 2.41 bits per heavy atom. The standard InChI is InChI=1S/C11H12F3NO2/c1-15-10(11(12,13)14)7-2-3-8-9(6-7)17-5-4-16-8/h2-3,6,10,15H,4-5H2,1H3. The lowest BCUT2D eigenvalue weighted by molar-refractivity contribution is -0.156. The molecule has 17 heavy (non-hydrogen) atoms. The number of hydrogen-bond acceptors (Lipinski definition) is 3. The van der Waals surface area contributed by atoms with Crippen molar-refractivity contribution in [3.63, 3.8) is 0 Å². The smallest absolute Gasteiger partial charge is 0.407 e. The third-order valence-electron chi connectivity index (χ3n) is 2.52. The summed E-state index contributed by atoms with van der Waals surface area (Å²) >= 11 is 0. The molecule has 6 heteroatoms. The van der Waals surface area contributed by atoms with Gasteiger partial charge in [0.25, 0.3) is 0 Å². The molecule has 1 unspecified atom stereocenters. The lowest BCUT2D eigenvalue weighted by Gasteiger charge is -2.23. The number of alkyl halides is 3. The fourth-order valence-corrected chi connectivity index (χ4v) is 1.76. The fraction of sp³-hybridized carbons (Fsp3) is 0.455. The Bertz CT molecular complexity index is 406. The summed E-state index contributed by atoms with van der Waals surface area (Å²) in [7, 11) is 1.27. The second-order valence-electron chi connectivity index (χ2n) is 3.67. The summed E-state index contributed by atoms with van der Waals surface area (Å²) < 4.78 is 48.6. The van der Waals surface area contributed by atoms with Crippen molar-refractivity contribution in [3.05, 3.63) is 23.8 Å². The summed E-state index contributed by atoms with van der Waals surface area (Å²) in [6.45, 7) is 0.772. The van der Waals surface area contributed by atoms with Crippen molar-refractivity contribution in [1.82, 2.24) is 5.32 Å². The van der Waals surface area contributed by atoms with E-state index in [1.54, 1.807) is 0 Å². The van der Waals surface area contributed by atoms with E-state index < -0.39 is 12.2 Å². The number of halogens is 3. The van der Waals surface area contributed by atoms with Crippen LogP contribution in [-0.2, 0) is 0 Å². The number of rotatable bonds is 2. The molecule has 0 radical (unpaired) electrons. The number of nitrogens with one attached hydrogen (secondary N) is 1. The van der Waals surface area contributed by atoms with Crippen LogP contribution in [0.4, 0.5) is 13.2 Å². The molecule has 0 fully saturated rings. The van der Waals surface area contributed by atoms with Gasteiger partial charge in [0, 0.05) is 0 Å². The first-order chi connectivity index (χ1) is 8.02. The highest BCUT2D eigenvalue weighted by Gasteiger charge is 2.40. The third-order valence-corrected chi connectivity index (χ3v) is 2.52. The topological polar surface area (TPSA) is 30.5 Å². The first-order valence-corrected chi connectivity index (χ1v) is 5.16. The van der Waals surface area contributed by atoms with Gasteiger partial charge < -0.3 is 14.8 Å². The summed E-state index contributed by atoms with van der Waals surface area (Å²) in [5.74, 6) is 0.843. The minimum absolute atomic E-state index is 0.115. The van der Waals surface area contributed by atoms with Crippen LogP contribution in [0.2, 0.25) is 0 Å². The molecular formula is C11H12F3NO2. The van der Waals surface area contributed by atoms with Gasteiger partial charge in [0.2, 0.25) is 0 Å². The van der Waals surface area contributed by atoms with Crippen molar-refractivity contribution in [3.8, 4) is 11.5 Å². The molecule has 94 valence electrons. The van der Waals surface area contributed by atoms with Crippen LogP contribution in [0.15, 0.2) is 18.2 Å². The molecule has 0 aliphatic carbocycles. The van der Waals surface area contributed by atoms with Gasteiger partial charge in [0.05, 0.1) is 0 Å². The maximum Gasteiger partial charge on any atom is 0.407 e. The zero-order valence-electron chi connectivity index (χ0n) is 9.17. The molecule has 0 aromatic heterocycles. The van der Waals surface area contributed by atoms with Gasteiger partial charge in [-0.3, -0.25) is 0 Å². The molecule has 1 aromatic rings. The molecule has 1 aliphatic heterocycles. The van der Waals surface area contributed by atoms with Crippen molar-refractivity contribution >= 4 is 0 Å². The van der Waals surface area contributed by atoms with E-state index in [2.05, 4.69) is 5.32 Å². The van der Waals surface area contributed by atoms with E-state index in [1.807, 2.05) is 0 Å². The van der Waals surface area contributed by atoms with Gasteiger partial charge in [-0.25, -0.2) is 0 Å². The van der Waals surface area contributed by atoms with E-state index in [9.17, 15) is 13.2 Å². The molecule has 0 bridgehead atoms. The first kappa shape index (κ1) is 12.0. The van der Waals surface area contributed by atoms with E-state index >= 15 is 0 Å². The van der Waals surface area contributed by atoms with E-state index in [-0.39, 0.29) is 5.56 Å². The monoisotopic (exact) mass is 247 g/mol. The Labute approximate surface area is 96.5 Å². The number of hydrogen-bond donors (Lipinski definition) is 1. The second-order valence-corrected chi connectivity index (χ2v) is 3.67. The maximum atomic E-state index is 12.7. The summed E-state index contributed by atoms with van der Waals surface area (Å²) in [6.07, 6.45) is -4.33. The molecule has 1 heterocycles. The highest BCUT2D eigenvalue weighted by Crippen LogP contribution is 2.37. The van der Waals surface area contributed by atoms with Crippen LogP contribution in [0, 0.1) is 0 Å². The van der Waals surface area contributed by atoms with Crippen molar-refractivity contribution in [2.24, 2.45) is 0 Å². The number of benzene rings is 1. The van der Waals surface area contributed by atoms with E-state index in [0.717, 1.165) is 0 Å². The third kappa shape index (κ3) is 2.46. The van der Waals surface area contributed by atoms with Crippen LogP contribution in [-0.4, -0.2) is 26.4 Å². The molecule has 1 N–H and O–H groups in total. The first-order valence-electron chi connectivity index (χ1n) is 5.16. The second kappa shape index (κ2) is 4.44. The van der Waals surface area contributed by atoms with Gasteiger partial charge in [0.1, 0.15) is 19.3 Å². The zero-order chi connectivity index (χ0) is 12.5. The Kier molecular flexibility index (Phi) is 3.15. The SMILES string of the molecule is CNC(c1ccc2c(c1)OCCO2)C(F)(F)F. The highest BCUT2D eigenvalue weighted by atomic mass is 19.4. The Hall–Kier alpha value is -1.43. The van der Waals surface area contributed by atoms with E-state index in [1.165, 1.54) is 25.2 Å². The normalized spacial score (nSPS) is 16.7. The summed E-state index contributed by atoms with van der Waals surface area (Å²) in [6, 6.07) is 2.56. The van der Waals surface area contributed by atoms with Crippen molar-refractivity contribution in [2.45, 2.75) is 12.2 Å². The van der Waals surface area contributed by atoms with Gasteiger partial charge in [-0.1, -0.05) is 6.07 Å². The molecule has 0 saturated carbocycles. The predicted molar refractivity (Wildman–Crippen MR) is 55.3 cm³/mol. The summed E-state index contributed by atoms with van der Waals surface area (Å²) in [4.78, 5) is 0. The fourth-order valence-electron chi connectivity index (χ4n) is 1.76. The average molecular weight is 247 g/mol. The zero-order valence-corrected chi connectivity index (χ0v) is 9.17. The maximum absolute atomic E-state index is 12.7. The summed E-state index contributed by atoms with van der Waals surface area (Å²) in [5, 5.41) is 2.24. The van der Waals surface area contributed by atoms with Crippen LogP contribution in [0.1, 0.15) is 11.6 Å². The molecule has 0 saturated heterocycles. The predicted octanol–water partition coefficient (Wildman–Crippen LogP) is 2.28. The van der Waals surface area contributed by atoms with Crippen LogP contribution in [0.5, 0.6) is 11.5 Å². The Balaban J connectivity index is 2.32. The van der Waals surface area contributed by atoms with Crippen molar-refractivity contribution < 1.29 is 22.6 Å². The lowest BCUT2D eigenvalue weighted by atomic mass is 10.1. The molecule has 0 amide bonds. The molecule has 1 aliphatic rings. The van der Waals surface area contributed by atoms with E-state index in [0.29, 0.717) is 24.7 Å². The Morgan fingerprint density at radius 2 is 1.82 bits per heavy atom. The molecule has 3 nitrogen and oxygen atoms in total. The quantitative estimate of drug-likeness (QED) is 0.869. The van der Waals surface area contributed by atoms with Gasteiger partial charge >= 0.3 is 6.18 Å². The molecular weight excluding hydrogens is 235 g/mol. The summed E-state index contributed by atoms with van der Waals surface area (Å²) in [5.41, 5.74) is 0.115. The minimum atomic E-state index is -4.33. The Morgan fingerprint density at radius 1 is 1.18 bits per heavy atom. The van der Waals surface area contributed by atoms with Gasteiger partial charge in [-0.15, -0.1) is 0 Å². The number of ether oxygens (including phenoxy) is 2. The highest BCUT2D eigenvalue weighted by molar-refractivity contribution is 5.44. The lowest BCUT2D eigenvalue weighted by Crippen LogP contribution is -2.31. The molecule has 1 aromatic carbocycles. The minimum Gasteiger partial charge on any atom is -0.486 e. The van der Waals surface area contributed by atoms with Gasteiger partial charge in [-0.2, -0.15) is 13.2 Å². The average Bonchev–Trinajstić information content (AvgIpc) is 2.28. The van der Waals surface area contributed by atoms with Crippen LogP contribution < -0.4 is 14.8 Å².